The van der Waals surface area contributed by atoms with Gasteiger partial charge in [0, 0.05) is 24.0 Å². The quantitative estimate of drug-likeness (QED) is 0.765. The van der Waals surface area contributed by atoms with Crippen molar-refractivity contribution in [3.63, 3.8) is 0 Å². The lowest BCUT2D eigenvalue weighted by Crippen LogP contribution is -1.99. The molecular formula is C14H17N5. The number of nitrogen functional groups attached to an aromatic ring is 1. The Hall–Kier alpha value is -2.30. The number of pyridine rings is 1. The predicted octanol–water partition coefficient (Wildman–Crippen LogP) is 2.67. The standard InChI is InChI=1S/C14H17N5/c1-9(2)19-8-11(7-16-19)12-13(15)18-6-4-5-10(3)14(18)17-12/h4-9H,15H2,1-3H3. The van der Waals surface area contributed by atoms with Crippen molar-refractivity contribution in [2.75, 3.05) is 5.73 Å². The zero-order valence-corrected chi connectivity index (χ0v) is 11.3. The third-order valence-electron chi connectivity index (χ3n) is 3.29. The predicted molar refractivity (Wildman–Crippen MR) is 75.9 cm³/mol. The molecule has 0 spiro atoms. The van der Waals surface area contributed by atoms with Crippen molar-refractivity contribution in [1.82, 2.24) is 19.2 Å². The highest BCUT2D eigenvalue weighted by Crippen LogP contribution is 2.27. The van der Waals surface area contributed by atoms with Crippen molar-refractivity contribution in [1.29, 1.82) is 0 Å². The number of nitrogens with zero attached hydrogens (tertiary/aromatic N) is 4. The molecule has 0 saturated carbocycles. The maximum Gasteiger partial charge on any atom is 0.142 e. The molecule has 5 heteroatoms. The molecule has 3 aromatic rings. The summed E-state index contributed by atoms with van der Waals surface area (Å²) in [4.78, 5) is 4.64. The molecule has 0 aliphatic carbocycles. The van der Waals surface area contributed by atoms with Gasteiger partial charge in [-0.3, -0.25) is 9.08 Å². The Bertz CT molecular complexity index is 735. The van der Waals surface area contributed by atoms with Crippen LogP contribution in [-0.2, 0) is 0 Å². The fourth-order valence-corrected chi connectivity index (χ4v) is 2.18. The van der Waals surface area contributed by atoms with Crippen molar-refractivity contribution >= 4 is 11.5 Å². The molecule has 0 bridgehead atoms. The van der Waals surface area contributed by atoms with Crippen LogP contribution in [0, 0.1) is 6.92 Å². The van der Waals surface area contributed by atoms with Crippen LogP contribution in [0.4, 0.5) is 5.82 Å². The number of aromatic nitrogens is 4. The van der Waals surface area contributed by atoms with Crippen LogP contribution in [-0.4, -0.2) is 19.2 Å². The van der Waals surface area contributed by atoms with Crippen LogP contribution in [0.3, 0.4) is 0 Å². The first kappa shape index (κ1) is 11.8. The summed E-state index contributed by atoms with van der Waals surface area (Å²) in [5, 5.41) is 4.34. The van der Waals surface area contributed by atoms with Crippen molar-refractivity contribution in [3.8, 4) is 11.3 Å². The number of hydrogen-bond acceptors (Lipinski definition) is 3. The van der Waals surface area contributed by atoms with E-state index in [4.69, 9.17) is 5.73 Å². The maximum atomic E-state index is 6.19. The maximum absolute atomic E-state index is 6.19. The van der Waals surface area contributed by atoms with E-state index in [0.29, 0.717) is 11.9 Å². The topological polar surface area (TPSA) is 61.1 Å². The molecule has 0 aliphatic heterocycles. The Morgan fingerprint density at radius 3 is 2.74 bits per heavy atom. The molecule has 3 heterocycles. The van der Waals surface area contributed by atoms with Gasteiger partial charge in [0.25, 0.3) is 0 Å². The molecule has 3 aromatic heterocycles. The lowest BCUT2D eigenvalue weighted by atomic mass is 10.2. The van der Waals surface area contributed by atoms with Gasteiger partial charge < -0.3 is 5.73 Å². The zero-order chi connectivity index (χ0) is 13.6. The molecule has 0 unspecified atom stereocenters. The largest absolute Gasteiger partial charge is 0.383 e. The number of fused-ring (bicyclic) bond motifs is 1. The molecule has 0 atom stereocenters. The normalized spacial score (nSPS) is 11.6. The van der Waals surface area contributed by atoms with E-state index >= 15 is 0 Å². The minimum atomic E-state index is 0.328. The van der Waals surface area contributed by atoms with E-state index in [-0.39, 0.29) is 0 Å². The monoisotopic (exact) mass is 255 g/mol. The Morgan fingerprint density at radius 1 is 1.32 bits per heavy atom. The van der Waals surface area contributed by atoms with E-state index in [2.05, 4.69) is 23.9 Å². The summed E-state index contributed by atoms with van der Waals surface area (Å²) in [7, 11) is 0. The lowest BCUT2D eigenvalue weighted by Gasteiger charge is -2.02. The third kappa shape index (κ3) is 1.78. The van der Waals surface area contributed by atoms with E-state index < -0.39 is 0 Å². The second-order valence-electron chi connectivity index (χ2n) is 5.03. The molecule has 0 fully saturated rings. The molecule has 0 aliphatic rings. The number of aryl methyl sites for hydroxylation is 1. The van der Waals surface area contributed by atoms with Crippen LogP contribution in [0.5, 0.6) is 0 Å². The van der Waals surface area contributed by atoms with E-state index in [0.717, 1.165) is 22.5 Å². The average Bonchev–Trinajstić information content (AvgIpc) is 2.96. The molecule has 2 N–H and O–H groups in total. The second-order valence-corrected chi connectivity index (χ2v) is 5.03. The van der Waals surface area contributed by atoms with Gasteiger partial charge in [0.15, 0.2) is 0 Å². The molecule has 0 amide bonds. The fourth-order valence-electron chi connectivity index (χ4n) is 2.18. The summed E-state index contributed by atoms with van der Waals surface area (Å²) in [5.74, 6) is 0.655. The van der Waals surface area contributed by atoms with Crippen LogP contribution >= 0.6 is 0 Å². The van der Waals surface area contributed by atoms with Gasteiger partial charge in [-0.2, -0.15) is 5.10 Å². The first-order valence-electron chi connectivity index (χ1n) is 6.35. The smallest absolute Gasteiger partial charge is 0.142 e. The number of nitrogens with two attached hydrogens (primary N) is 1. The summed E-state index contributed by atoms with van der Waals surface area (Å²) in [6.07, 6.45) is 5.73. The van der Waals surface area contributed by atoms with Gasteiger partial charge in [-0.05, 0) is 32.4 Å². The fraction of sp³-hybridized carbons (Fsp3) is 0.286. The highest BCUT2D eigenvalue weighted by molar-refractivity contribution is 5.75. The number of imidazole rings is 1. The summed E-state index contributed by atoms with van der Waals surface area (Å²) in [5.41, 5.74) is 9.94. The Morgan fingerprint density at radius 2 is 2.11 bits per heavy atom. The first-order valence-corrected chi connectivity index (χ1v) is 6.35. The van der Waals surface area contributed by atoms with Crippen LogP contribution in [0.2, 0.25) is 0 Å². The Kier molecular flexibility index (Phi) is 2.55. The van der Waals surface area contributed by atoms with E-state index in [9.17, 15) is 0 Å². The van der Waals surface area contributed by atoms with Crippen LogP contribution in [0.25, 0.3) is 16.9 Å². The highest BCUT2D eigenvalue weighted by Gasteiger charge is 2.14. The van der Waals surface area contributed by atoms with Crippen LogP contribution in [0.15, 0.2) is 30.7 Å². The summed E-state index contributed by atoms with van der Waals surface area (Å²) in [6, 6.07) is 4.33. The number of anilines is 1. The number of hydrogen-bond donors (Lipinski definition) is 1. The zero-order valence-electron chi connectivity index (χ0n) is 11.3. The minimum Gasteiger partial charge on any atom is -0.383 e. The summed E-state index contributed by atoms with van der Waals surface area (Å²) < 4.78 is 3.82. The van der Waals surface area contributed by atoms with Gasteiger partial charge in [-0.1, -0.05) is 6.07 Å². The Balaban J connectivity index is 2.19. The van der Waals surface area contributed by atoms with Gasteiger partial charge in [0.2, 0.25) is 0 Å². The molecular weight excluding hydrogens is 238 g/mol. The summed E-state index contributed by atoms with van der Waals surface area (Å²) in [6.45, 7) is 6.21. The molecule has 0 saturated heterocycles. The van der Waals surface area contributed by atoms with Crippen molar-refractivity contribution in [2.24, 2.45) is 0 Å². The average molecular weight is 255 g/mol. The van der Waals surface area contributed by atoms with Crippen molar-refractivity contribution in [3.05, 3.63) is 36.3 Å². The van der Waals surface area contributed by atoms with Gasteiger partial charge in [-0.25, -0.2) is 4.98 Å². The van der Waals surface area contributed by atoms with E-state index in [1.807, 2.05) is 46.7 Å². The Labute approximate surface area is 111 Å². The third-order valence-corrected chi connectivity index (χ3v) is 3.29. The molecule has 19 heavy (non-hydrogen) atoms. The lowest BCUT2D eigenvalue weighted by molar-refractivity contribution is 0.532. The van der Waals surface area contributed by atoms with Gasteiger partial charge in [0.1, 0.15) is 17.2 Å². The molecule has 3 rings (SSSR count). The van der Waals surface area contributed by atoms with Crippen LogP contribution in [0.1, 0.15) is 25.5 Å². The molecule has 5 nitrogen and oxygen atoms in total. The van der Waals surface area contributed by atoms with E-state index in [1.54, 1.807) is 0 Å². The molecule has 0 radical (unpaired) electrons. The first-order chi connectivity index (χ1) is 9.08. The van der Waals surface area contributed by atoms with Crippen molar-refractivity contribution < 1.29 is 0 Å². The summed E-state index contributed by atoms with van der Waals surface area (Å²) >= 11 is 0. The second kappa shape index (κ2) is 4.12. The molecule has 98 valence electrons. The van der Waals surface area contributed by atoms with Gasteiger partial charge >= 0.3 is 0 Å². The number of rotatable bonds is 2. The van der Waals surface area contributed by atoms with E-state index in [1.165, 1.54) is 0 Å². The van der Waals surface area contributed by atoms with Gasteiger partial charge in [0.05, 0.1) is 6.20 Å². The van der Waals surface area contributed by atoms with Gasteiger partial charge in [-0.15, -0.1) is 0 Å². The van der Waals surface area contributed by atoms with Crippen molar-refractivity contribution in [2.45, 2.75) is 26.8 Å². The highest BCUT2D eigenvalue weighted by atomic mass is 15.3. The molecule has 0 aromatic carbocycles. The van der Waals surface area contributed by atoms with Crippen LogP contribution < -0.4 is 5.73 Å². The SMILES string of the molecule is Cc1cccn2c(N)c(-c3cnn(C(C)C)c3)nc12. The minimum absolute atomic E-state index is 0.328.